The van der Waals surface area contributed by atoms with Gasteiger partial charge in [0.05, 0.1) is 5.56 Å². The Morgan fingerprint density at radius 1 is 0.875 bits per heavy atom. The summed E-state index contributed by atoms with van der Waals surface area (Å²) >= 11 is 0. The number of benzene rings is 1. The van der Waals surface area contributed by atoms with Gasteiger partial charge >= 0.3 is 0 Å². The molecule has 0 unspecified atom stereocenters. The zero-order chi connectivity index (χ0) is 17.1. The van der Waals surface area contributed by atoms with Crippen LogP contribution in [0.5, 0.6) is 0 Å². The molecule has 0 spiro atoms. The lowest BCUT2D eigenvalue weighted by Gasteiger charge is -2.34. The van der Waals surface area contributed by atoms with Crippen LogP contribution in [0, 0.1) is 11.6 Å². The Bertz CT molecular complexity index is 760. The van der Waals surface area contributed by atoms with Gasteiger partial charge in [0.15, 0.2) is 11.6 Å². The zero-order valence-electron chi connectivity index (χ0n) is 12.8. The van der Waals surface area contributed by atoms with Crippen molar-refractivity contribution in [3.05, 3.63) is 65.5 Å². The monoisotopic (exact) mass is 331 g/mol. The van der Waals surface area contributed by atoms with Crippen LogP contribution in [0.2, 0.25) is 0 Å². The lowest BCUT2D eigenvalue weighted by Crippen LogP contribution is -2.50. The highest BCUT2D eigenvalue weighted by molar-refractivity contribution is 5.95. The lowest BCUT2D eigenvalue weighted by molar-refractivity contribution is 0.0535. The molecule has 1 aliphatic heterocycles. The molecule has 0 radical (unpaired) electrons. The summed E-state index contributed by atoms with van der Waals surface area (Å²) in [7, 11) is 0. The maximum absolute atomic E-state index is 13.3. The second kappa shape index (κ2) is 6.74. The normalized spacial score (nSPS) is 14.6. The molecule has 124 valence electrons. The second-order valence-corrected chi connectivity index (χ2v) is 5.45. The summed E-state index contributed by atoms with van der Waals surface area (Å²) in [5, 5.41) is 0. The Hall–Kier alpha value is -2.83. The van der Waals surface area contributed by atoms with Gasteiger partial charge in [0.1, 0.15) is 0 Å². The number of hydrogen-bond donors (Lipinski definition) is 0. The van der Waals surface area contributed by atoms with Crippen molar-refractivity contribution in [1.29, 1.82) is 0 Å². The van der Waals surface area contributed by atoms with Crippen molar-refractivity contribution in [2.24, 2.45) is 0 Å². The van der Waals surface area contributed by atoms with Gasteiger partial charge in [-0.25, -0.2) is 8.78 Å². The van der Waals surface area contributed by atoms with E-state index in [1.807, 2.05) is 0 Å². The SMILES string of the molecule is O=C(c1cccnc1)N1CCN(C(=O)c2ccc(F)c(F)c2)CC1. The first-order chi connectivity index (χ1) is 11.6. The average molecular weight is 331 g/mol. The first-order valence-corrected chi connectivity index (χ1v) is 7.50. The molecule has 1 fully saturated rings. The van der Waals surface area contributed by atoms with Crippen LogP contribution in [0.4, 0.5) is 8.78 Å². The van der Waals surface area contributed by atoms with E-state index in [-0.39, 0.29) is 17.4 Å². The molecule has 0 bridgehead atoms. The highest BCUT2D eigenvalue weighted by atomic mass is 19.2. The molecule has 2 heterocycles. The maximum Gasteiger partial charge on any atom is 0.255 e. The van der Waals surface area contributed by atoms with Crippen molar-refractivity contribution in [3.63, 3.8) is 0 Å². The summed E-state index contributed by atoms with van der Waals surface area (Å²) in [5.74, 6) is -2.55. The Morgan fingerprint density at radius 2 is 1.50 bits per heavy atom. The number of nitrogens with zero attached hydrogens (tertiary/aromatic N) is 3. The van der Waals surface area contributed by atoms with Crippen LogP contribution < -0.4 is 0 Å². The third-order valence-corrected chi connectivity index (χ3v) is 3.93. The molecule has 1 aromatic carbocycles. The number of hydrogen-bond acceptors (Lipinski definition) is 3. The Morgan fingerprint density at radius 3 is 2.04 bits per heavy atom. The number of aromatic nitrogens is 1. The van der Waals surface area contributed by atoms with E-state index in [1.54, 1.807) is 23.2 Å². The zero-order valence-corrected chi connectivity index (χ0v) is 12.8. The number of rotatable bonds is 2. The Balaban J connectivity index is 1.63. The molecule has 3 rings (SSSR count). The van der Waals surface area contributed by atoms with Crippen LogP contribution in [0.3, 0.4) is 0 Å². The first-order valence-electron chi connectivity index (χ1n) is 7.50. The number of halogens is 2. The molecule has 7 heteroatoms. The third kappa shape index (κ3) is 3.24. The highest BCUT2D eigenvalue weighted by Gasteiger charge is 2.26. The van der Waals surface area contributed by atoms with Gasteiger partial charge in [-0.2, -0.15) is 0 Å². The minimum atomic E-state index is -1.05. The molecule has 0 saturated carbocycles. The molecule has 0 aliphatic carbocycles. The van der Waals surface area contributed by atoms with Gasteiger partial charge < -0.3 is 9.80 Å². The summed E-state index contributed by atoms with van der Waals surface area (Å²) in [4.78, 5) is 31.7. The number of amides is 2. The average Bonchev–Trinajstić information content (AvgIpc) is 2.63. The van der Waals surface area contributed by atoms with Crippen LogP contribution in [-0.2, 0) is 0 Å². The standard InChI is InChI=1S/C17H15F2N3O2/c18-14-4-3-12(10-15(14)19)16(23)21-6-8-22(9-7-21)17(24)13-2-1-5-20-11-13/h1-5,10-11H,6-9H2. The largest absolute Gasteiger partial charge is 0.335 e. The smallest absolute Gasteiger partial charge is 0.255 e. The summed E-state index contributed by atoms with van der Waals surface area (Å²) in [6, 6.07) is 6.47. The van der Waals surface area contributed by atoms with Gasteiger partial charge in [0, 0.05) is 44.1 Å². The van der Waals surface area contributed by atoms with Crippen LogP contribution in [0.25, 0.3) is 0 Å². The second-order valence-electron chi connectivity index (χ2n) is 5.45. The van der Waals surface area contributed by atoms with Crippen LogP contribution in [0.1, 0.15) is 20.7 Å². The van der Waals surface area contributed by atoms with Gasteiger partial charge in [0.25, 0.3) is 11.8 Å². The van der Waals surface area contributed by atoms with E-state index in [0.29, 0.717) is 31.7 Å². The van der Waals surface area contributed by atoms with Crippen molar-refractivity contribution < 1.29 is 18.4 Å². The molecular formula is C17H15F2N3O2. The molecule has 5 nitrogen and oxygen atoms in total. The van der Waals surface area contributed by atoms with E-state index in [4.69, 9.17) is 0 Å². The fraction of sp³-hybridized carbons (Fsp3) is 0.235. The molecule has 2 aromatic rings. The number of carbonyl (C=O) groups is 2. The molecule has 0 N–H and O–H groups in total. The minimum Gasteiger partial charge on any atom is -0.335 e. The lowest BCUT2D eigenvalue weighted by atomic mass is 10.1. The fourth-order valence-electron chi connectivity index (χ4n) is 2.60. The van der Waals surface area contributed by atoms with E-state index in [0.717, 1.165) is 12.1 Å². The Labute approximate surface area is 137 Å². The summed E-state index contributed by atoms with van der Waals surface area (Å²) in [6.07, 6.45) is 3.09. The highest BCUT2D eigenvalue weighted by Crippen LogP contribution is 2.14. The van der Waals surface area contributed by atoms with Crippen molar-refractivity contribution in [2.45, 2.75) is 0 Å². The van der Waals surface area contributed by atoms with E-state index >= 15 is 0 Å². The summed E-state index contributed by atoms with van der Waals surface area (Å²) in [5.41, 5.74) is 0.596. The summed E-state index contributed by atoms with van der Waals surface area (Å²) in [6.45, 7) is 1.43. The molecule has 1 aromatic heterocycles. The van der Waals surface area contributed by atoms with Gasteiger partial charge in [-0.05, 0) is 30.3 Å². The van der Waals surface area contributed by atoms with Crippen LogP contribution in [0.15, 0.2) is 42.7 Å². The van der Waals surface area contributed by atoms with Gasteiger partial charge in [-0.15, -0.1) is 0 Å². The quantitative estimate of drug-likeness (QED) is 0.845. The topological polar surface area (TPSA) is 53.5 Å². The van der Waals surface area contributed by atoms with Crippen molar-refractivity contribution >= 4 is 11.8 Å². The van der Waals surface area contributed by atoms with E-state index < -0.39 is 11.6 Å². The van der Waals surface area contributed by atoms with Crippen LogP contribution in [-0.4, -0.2) is 52.8 Å². The van der Waals surface area contributed by atoms with Crippen LogP contribution >= 0.6 is 0 Å². The van der Waals surface area contributed by atoms with Gasteiger partial charge in [0.2, 0.25) is 0 Å². The predicted molar refractivity (Wildman–Crippen MR) is 82.4 cm³/mol. The maximum atomic E-state index is 13.3. The number of pyridine rings is 1. The molecule has 1 aliphatic rings. The van der Waals surface area contributed by atoms with Crippen molar-refractivity contribution in [2.75, 3.05) is 26.2 Å². The fourth-order valence-corrected chi connectivity index (χ4v) is 2.60. The van der Waals surface area contributed by atoms with E-state index in [9.17, 15) is 18.4 Å². The summed E-state index contributed by atoms with van der Waals surface area (Å²) < 4.78 is 26.2. The van der Waals surface area contributed by atoms with Crippen molar-refractivity contribution in [1.82, 2.24) is 14.8 Å². The molecular weight excluding hydrogens is 316 g/mol. The van der Waals surface area contributed by atoms with Gasteiger partial charge in [-0.3, -0.25) is 14.6 Å². The van der Waals surface area contributed by atoms with E-state index in [1.165, 1.54) is 17.2 Å². The minimum absolute atomic E-state index is 0.0981. The molecule has 1 saturated heterocycles. The van der Waals surface area contributed by atoms with E-state index in [2.05, 4.69) is 4.98 Å². The molecule has 2 amide bonds. The number of piperazine rings is 1. The number of carbonyl (C=O) groups excluding carboxylic acids is 2. The Kier molecular flexibility index (Phi) is 4.50. The molecule has 0 atom stereocenters. The predicted octanol–water partition coefficient (Wildman–Crippen LogP) is 1.96. The molecule has 24 heavy (non-hydrogen) atoms. The first kappa shape index (κ1) is 16.0. The van der Waals surface area contributed by atoms with Crippen molar-refractivity contribution in [3.8, 4) is 0 Å². The third-order valence-electron chi connectivity index (χ3n) is 3.93. The van der Waals surface area contributed by atoms with Gasteiger partial charge in [-0.1, -0.05) is 0 Å².